The Kier molecular flexibility index (Phi) is 9.55. The van der Waals surface area contributed by atoms with Crippen LogP contribution in [-0.4, -0.2) is 43.5 Å². The van der Waals surface area contributed by atoms with Crippen LogP contribution in [0.3, 0.4) is 0 Å². The lowest BCUT2D eigenvalue weighted by Gasteiger charge is -2.25. The van der Waals surface area contributed by atoms with Crippen molar-refractivity contribution in [1.29, 1.82) is 0 Å². The van der Waals surface area contributed by atoms with Gasteiger partial charge in [0.05, 0.1) is 35.4 Å². The zero-order valence-electron chi connectivity index (χ0n) is 25.3. The molecule has 232 valence electrons. The molecule has 10 nitrogen and oxygen atoms in total. The van der Waals surface area contributed by atoms with E-state index in [1.165, 1.54) is 56.7 Å². The van der Waals surface area contributed by atoms with Crippen LogP contribution in [0.5, 0.6) is 11.5 Å². The van der Waals surface area contributed by atoms with Gasteiger partial charge in [0.2, 0.25) is 5.91 Å². The zero-order chi connectivity index (χ0) is 32.2. The SMILES string of the molecule is COc1ccc(S(=O)(=O)N(CC(=O)Nc2ccc(S(=O)(=O)Nc3c(C)cccc3C)cc2)c2cc(C)cc(C)c2)cc1OC. The van der Waals surface area contributed by atoms with Crippen LogP contribution in [0, 0.1) is 27.7 Å². The number of nitrogens with zero attached hydrogens (tertiary/aromatic N) is 1. The maximum absolute atomic E-state index is 13.9. The van der Waals surface area contributed by atoms with E-state index < -0.39 is 32.5 Å². The predicted molar refractivity (Wildman–Crippen MR) is 172 cm³/mol. The standard InChI is InChI=1S/C32H35N3O7S2/c1-21-16-22(2)18-26(17-21)35(44(39,40)28-14-15-29(41-5)30(19-28)42-6)20-31(36)33-25-10-12-27(13-11-25)43(37,38)34-32-23(3)8-7-9-24(32)4/h7-19,34H,20H2,1-6H3,(H,33,36). The van der Waals surface area contributed by atoms with Gasteiger partial charge in [-0.05, 0) is 98.5 Å². The first-order valence-corrected chi connectivity index (χ1v) is 16.5. The third-order valence-corrected chi connectivity index (χ3v) is 10.0. The molecule has 0 spiro atoms. The van der Waals surface area contributed by atoms with Crippen LogP contribution in [0.2, 0.25) is 0 Å². The van der Waals surface area contributed by atoms with Gasteiger partial charge in [0.1, 0.15) is 6.54 Å². The van der Waals surface area contributed by atoms with E-state index in [-0.39, 0.29) is 15.5 Å². The Balaban J connectivity index is 1.60. The molecule has 0 unspecified atom stereocenters. The highest BCUT2D eigenvalue weighted by Crippen LogP contribution is 2.33. The molecule has 0 aromatic heterocycles. The molecule has 0 saturated carbocycles. The van der Waals surface area contributed by atoms with Gasteiger partial charge in [-0.15, -0.1) is 0 Å². The first kappa shape index (κ1) is 32.4. The minimum absolute atomic E-state index is 0.00560. The van der Waals surface area contributed by atoms with Crippen molar-refractivity contribution in [1.82, 2.24) is 0 Å². The van der Waals surface area contributed by atoms with Gasteiger partial charge >= 0.3 is 0 Å². The normalized spacial score (nSPS) is 11.5. The molecule has 1 amide bonds. The largest absolute Gasteiger partial charge is 0.493 e. The summed E-state index contributed by atoms with van der Waals surface area (Å²) in [4.78, 5) is 13.2. The Labute approximate surface area is 258 Å². The fourth-order valence-corrected chi connectivity index (χ4v) is 7.35. The Morgan fingerprint density at radius 2 is 1.30 bits per heavy atom. The Morgan fingerprint density at radius 1 is 0.727 bits per heavy atom. The number of sulfonamides is 2. The molecule has 0 fully saturated rings. The van der Waals surface area contributed by atoms with Gasteiger partial charge in [0.15, 0.2) is 11.5 Å². The van der Waals surface area contributed by atoms with Crippen molar-refractivity contribution >= 4 is 43.0 Å². The summed E-state index contributed by atoms with van der Waals surface area (Å²) in [6.07, 6.45) is 0. The third-order valence-electron chi connectivity index (χ3n) is 6.89. The molecule has 44 heavy (non-hydrogen) atoms. The van der Waals surface area contributed by atoms with Gasteiger partial charge < -0.3 is 14.8 Å². The van der Waals surface area contributed by atoms with E-state index >= 15 is 0 Å². The molecule has 0 radical (unpaired) electrons. The summed E-state index contributed by atoms with van der Waals surface area (Å²) < 4.78 is 68.2. The number of benzene rings is 4. The van der Waals surface area contributed by atoms with Crippen LogP contribution >= 0.6 is 0 Å². The summed E-state index contributed by atoms with van der Waals surface area (Å²) in [5.74, 6) is -0.0464. The second-order valence-corrected chi connectivity index (χ2v) is 13.9. The highest BCUT2D eigenvalue weighted by Gasteiger charge is 2.29. The molecule has 0 bridgehead atoms. The third kappa shape index (κ3) is 7.14. The van der Waals surface area contributed by atoms with Crippen molar-refractivity contribution in [2.24, 2.45) is 0 Å². The van der Waals surface area contributed by atoms with Gasteiger partial charge in [-0.2, -0.15) is 0 Å². The Morgan fingerprint density at radius 3 is 1.86 bits per heavy atom. The minimum atomic E-state index is -4.25. The highest BCUT2D eigenvalue weighted by molar-refractivity contribution is 7.93. The summed E-state index contributed by atoms with van der Waals surface area (Å²) in [5, 5.41) is 2.68. The molecule has 2 N–H and O–H groups in total. The average molecular weight is 638 g/mol. The van der Waals surface area contributed by atoms with Crippen molar-refractivity contribution < 1.29 is 31.1 Å². The van der Waals surface area contributed by atoms with Crippen LogP contribution in [-0.2, 0) is 24.8 Å². The van der Waals surface area contributed by atoms with Crippen LogP contribution in [0.25, 0.3) is 0 Å². The Bertz CT molecular complexity index is 1870. The molecule has 4 rings (SSSR count). The number of anilines is 3. The first-order valence-electron chi connectivity index (χ1n) is 13.6. The van der Waals surface area contributed by atoms with Gasteiger partial charge in [-0.25, -0.2) is 16.8 Å². The topological polar surface area (TPSA) is 131 Å². The molecule has 12 heteroatoms. The number of aryl methyl sites for hydroxylation is 4. The van der Waals surface area contributed by atoms with Crippen molar-refractivity contribution in [3.05, 3.63) is 101 Å². The van der Waals surface area contributed by atoms with Crippen LogP contribution < -0.4 is 23.8 Å². The van der Waals surface area contributed by atoms with Crippen molar-refractivity contribution in [3.8, 4) is 11.5 Å². The predicted octanol–water partition coefficient (Wildman–Crippen LogP) is 5.57. The summed E-state index contributed by atoms with van der Waals surface area (Å²) >= 11 is 0. The maximum Gasteiger partial charge on any atom is 0.264 e. The van der Waals surface area contributed by atoms with Gasteiger partial charge in [-0.1, -0.05) is 24.3 Å². The summed E-state index contributed by atoms with van der Waals surface area (Å²) in [7, 11) is -5.29. The van der Waals surface area contributed by atoms with Crippen molar-refractivity contribution in [3.63, 3.8) is 0 Å². The molecule has 0 aliphatic carbocycles. The lowest BCUT2D eigenvalue weighted by molar-refractivity contribution is -0.114. The lowest BCUT2D eigenvalue weighted by atomic mass is 10.1. The molecule has 0 atom stereocenters. The molecule has 4 aromatic rings. The van der Waals surface area contributed by atoms with E-state index in [2.05, 4.69) is 10.0 Å². The summed E-state index contributed by atoms with van der Waals surface area (Å²) in [5.41, 5.74) is 4.32. The fraction of sp³-hybridized carbons (Fsp3) is 0.219. The highest BCUT2D eigenvalue weighted by atomic mass is 32.2. The van der Waals surface area contributed by atoms with Crippen LogP contribution in [0.4, 0.5) is 17.1 Å². The summed E-state index contributed by atoms with van der Waals surface area (Å²) in [6.45, 7) is 6.76. The molecular weight excluding hydrogens is 603 g/mol. The van der Waals surface area contributed by atoms with Crippen molar-refractivity contribution in [2.45, 2.75) is 37.5 Å². The first-order chi connectivity index (χ1) is 20.7. The number of hydrogen-bond donors (Lipinski definition) is 2. The second kappa shape index (κ2) is 13.0. The quantitative estimate of drug-likeness (QED) is 0.220. The fourth-order valence-electron chi connectivity index (χ4n) is 4.73. The monoisotopic (exact) mass is 637 g/mol. The van der Waals surface area contributed by atoms with E-state index in [4.69, 9.17) is 9.47 Å². The number of carbonyl (C=O) groups excluding carboxylic acids is 1. The van der Waals surface area contributed by atoms with E-state index in [0.29, 0.717) is 22.8 Å². The van der Waals surface area contributed by atoms with E-state index in [1.807, 2.05) is 52.0 Å². The molecule has 0 saturated heterocycles. The van der Waals surface area contributed by atoms with Gasteiger partial charge in [-0.3, -0.25) is 13.8 Å². The molecule has 0 heterocycles. The van der Waals surface area contributed by atoms with Gasteiger partial charge in [0, 0.05) is 11.8 Å². The maximum atomic E-state index is 13.9. The minimum Gasteiger partial charge on any atom is -0.493 e. The Hall–Kier alpha value is -4.55. The number of rotatable bonds is 11. The number of methoxy groups -OCH3 is 2. The molecule has 0 aliphatic heterocycles. The summed E-state index contributed by atoms with van der Waals surface area (Å²) in [6, 6.07) is 20.6. The molecule has 4 aromatic carbocycles. The smallest absolute Gasteiger partial charge is 0.264 e. The number of carbonyl (C=O) groups is 1. The zero-order valence-corrected chi connectivity index (χ0v) is 27.0. The van der Waals surface area contributed by atoms with Gasteiger partial charge in [0.25, 0.3) is 20.0 Å². The van der Waals surface area contributed by atoms with Crippen molar-refractivity contribution in [2.75, 3.05) is 35.1 Å². The number of para-hydroxylation sites is 1. The number of amides is 1. The number of ether oxygens (including phenoxy) is 2. The number of nitrogens with one attached hydrogen (secondary N) is 2. The molecule has 0 aliphatic rings. The van der Waals surface area contributed by atoms with E-state index in [0.717, 1.165) is 26.6 Å². The second-order valence-electron chi connectivity index (χ2n) is 10.3. The van der Waals surface area contributed by atoms with Crippen LogP contribution in [0.1, 0.15) is 22.3 Å². The van der Waals surface area contributed by atoms with Crippen LogP contribution in [0.15, 0.2) is 88.7 Å². The van der Waals surface area contributed by atoms with E-state index in [9.17, 15) is 21.6 Å². The molecular formula is C32H35N3O7S2. The average Bonchev–Trinajstić information content (AvgIpc) is 2.97. The van der Waals surface area contributed by atoms with E-state index in [1.54, 1.807) is 12.1 Å². The lowest BCUT2D eigenvalue weighted by Crippen LogP contribution is -2.38. The number of hydrogen-bond acceptors (Lipinski definition) is 7.